The van der Waals surface area contributed by atoms with E-state index in [-0.39, 0.29) is 18.1 Å². The van der Waals surface area contributed by atoms with Gasteiger partial charge in [-0.3, -0.25) is 0 Å². The summed E-state index contributed by atoms with van der Waals surface area (Å²) in [6.07, 6.45) is 0.492. The van der Waals surface area contributed by atoms with Gasteiger partial charge in [0, 0.05) is 12.5 Å². The van der Waals surface area contributed by atoms with Crippen molar-refractivity contribution in [2.75, 3.05) is 19.8 Å². The number of fused-ring (bicyclic) bond motifs is 3. The van der Waals surface area contributed by atoms with Gasteiger partial charge in [-0.25, -0.2) is 4.79 Å². The van der Waals surface area contributed by atoms with E-state index in [9.17, 15) is 4.79 Å². The van der Waals surface area contributed by atoms with E-state index in [4.69, 9.17) is 9.47 Å². The van der Waals surface area contributed by atoms with E-state index in [2.05, 4.69) is 29.6 Å². The Bertz CT molecular complexity index is 677. The normalized spacial score (nSPS) is 19.2. The predicted octanol–water partition coefficient (Wildman–Crippen LogP) is 3.31. The first-order valence-corrected chi connectivity index (χ1v) is 8.02. The molecule has 1 saturated heterocycles. The SMILES string of the molecule is O=C(NC1CCOC1)OCC1c2ccccc2-c2ccccc21. The Morgan fingerprint density at radius 2 is 1.74 bits per heavy atom. The third-order valence-corrected chi connectivity index (χ3v) is 4.60. The van der Waals surface area contributed by atoms with Gasteiger partial charge in [0.05, 0.1) is 12.6 Å². The largest absolute Gasteiger partial charge is 0.449 e. The maximum Gasteiger partial charge on any atom is 0.407 e. The van der Waals surface area contributed by atoms with Crippen LogP contribution in [0.25, 0.3) is 11.1 Å². The van der Waals surface area contributed by atoms with Gasteiger partial charge in [0.1, 0.15) is 6.61 Å². The first kappa shape index (κ1) is 14.3. The van der Waals surface area contributed by atoms with Crippen molar-refractivity contribution in [3.63, 3.8) is 0 Å². The molecule has 1 N–H and O–H groups in total. The van der Waals surface area contributed by atoms with Crippen LogP contribution in [0.2, 0.25) is 0 Å². The minimum absolute atomic E-state index is 0.0747. The van der Waals surface area contributed by atoms with Gasteiger partial charge in [0.15, 0.2) is 0 Å². The number of ether oxygens (including phenoxy) is 2. The molecule has 4 heteroatoms. The highest BCUT2D eigenvalue weighted by atomic mass is 16.5. The number of rotatable bonds is 3. The molecular formula is C19H19NO3. The topological polar surface area (TPSA) is 47.6 Å². The summed E-state index contributed by atoms with van der Waals surface area (Å²) in [6.45, 7) is 1.63. The molecule has 4 nitrogen and oxygen atoms in total. The van der Waals surface area contributed by atoms with E-state index >= 15 is 0 Å². The minimum Gasteiger partial charge on any atom is -0.449 e. The van der Waals surface area contributed by atoms with Crippen molar-refractivity contribution in [2.24, 2.45) is 0 Å². The van der Waals surface area contributed by atoms with E-state index < -0.39 is 0 Å². The molecular weight excluding hydrogens is 290 g/mol. The number of nitrogens with one attached hydrogen (secondary N) is 1. The van der Waals surface area contributed by atoms with E-state index in [1.807, 2.05) is 24.3 Å². The van der Waals surface area contributed by atoms with Gasteiger partial charge in [0.2, 0.25) is 0 Å². The summed E-state index contributed by atoms with van der Waals surface area (Å²) in [5, 5.41) is 2.86. The summed E-state index contributed by atoms with van der Waals surface area (Å²) in [6, 6.07) is 16.7. The molecule has 1 atom stereocenters. The number of hydrogen-bond acceptors (Lipinski definition) is 3. The summed E-state index contributed by atoms with van der Waals surface area (Å²) in [4.78, 5) is 12.0. The molecule has 1 unspecified atom stereocenters. The van der Waals surface area contributed by atoms with Crippen molar-refractivity contribution in [1.82, 2.24) is 5.32 Å². The van der Waals surface area contributed by atoms with Crippen LogP contribution >= 0.6 is 0 Å². The third kappa shape index (κ3) is 2.70. The highest BCUT2D eigenvalue weighted by Crippen LogP contribution is 2.44. The molecule has 1 aliphatic heterocycles. The lowest BCUT2D eigenvalue weighted by Gasteiger charge is -2.16. The molecule has 0 saturated carbocycles. The molecule has 1 amide bonds. The second-order valence-corrected chi connectivity index (χ2v) is 6.03. The number of benzene rings is 2. The van der Waals surface area contributed by atoms with Gasteiger partial charge in [-0.05, 0) is 28.7 Å². The summed E-state index contributed by atoms with van der Waals surface area (Å²) >= 11 is 0. The fraction of sp³-hybridized carbons (Fsp3) is 0.316. The van der Waals surface area contributed by atoms with Crippen molar-refractivity contribution >= 4 is 6.09 Å². The lowest BCUT2D eigenvalue weighted by atomic mass is 9.98. The van der Waals surface area contributed by atoms with Crippen LogP contribution in [0.1, 0.15) is 23.5 Å². The molecule has 23 heavy (non-hydrogen) atoms. The van der Waals surface area contributed by atoms with Crippen LogP contribution in [-0.4, -0.2) is 32.0 Å². The van der Waals surface area contributed by atoms with Crippen molar-refractivity contribution in [2.45, 2.75) is 18.4 Å². The number of amides is 1. The summed E-state index contributed by atoms with van der Waals surface area (Å²) in [5.74, 6) is 0.105. The summed E-state index contributed by atoms with van der Waals surface area (Å²) in [5.41, 5.74) is 4.93. The standard InChI is InChI=1S/C19H19NO3/c21-19(20-13-9-10-22-11-13)23-12-18-16-7-3-1-5-14(16)15-6-2-4-8-17(15)18/h1-8,13,18H,9-12H2,(H,20,21). The maximum atomic E-state index is 12.0. The third-order valence-electron chi connectivity index (χ3n) is 4.60. The van der Waals surface area contributed by atoms with E-state index in [1.165, 1.54) is 22.3 Å². The molecule has 0 bridgehead atoms. The van der Waals surface area contributed by atoms with Gasteiger partial charge in [0.25, 0.3) is 0 Å². The first-order valence-electron chi connectivity index (χ1n) is 8.02. The fourth-order valence-corrected chi connectivity index (χ4v) is 3.46. The monoisotopic (exact) mass is 309 g/mol. The molecule has 2 aromatic rings. The van der Waals surface area contributed by atoms with E-state index in [0.29, 0.717) is 19.8 Å². The molecule has 1 aliphatic carbocycles. The fourth-order valence-electron chi connectivity index (χ4n) is 3.46. The smallest absolute Gasteiger partial charge is 0.407 e. The molecule has 2 aliphatic rings. The molecule has 0 radical (unpaired) electrons. The molecule has 1 heterocycles. The van der Waals surface area contributed by atoms with Crippen LogP contribution in [0.5, 0.6) is 0 Å². The lowest BCUT2D eigenvalue weighted by molar-refractivity contribution is 0.135. The molecule has 0 spiro atoms. The molecule has 2 aromatic carbocycles. The van der Waals surface area contributed by atoms with Crippen molar-refractivity contribution in [3.05, 3.63) is 59.7 Å². The first-order chi connectivity index (χ1) is 11.3. The highest BCUT2D eigenvalue weighted by Gasteiger charge is 2.29. The number of alkyl carbamates (subject to hydrolysis) is 1. The van der Waals surface area contributed by atoms with Gasteiger partial charge < -0.3 is 14.8 Å². The summed E-state index contributed by atoms with van der Waals surface area (Å²) < 4.78 is 10.8. The van der Waals surface area contributed by atoms with Gasteiger partial charge in [-0.2, -0.15) is 0 Å². The average molecular weight is 309 g/mol. The van der Waals surface area contributed by atoms with Crippen LogP contribution in [0.15, 0.2) is 48.5 Å². The number of carbonyl (C=O) groups excluding carboxylic acids is 1. The molecule has 0 aromatic heterocycles. The number of hydrogen-bond donors (Lipinski definition) is 1. The highest BCUT2D eigenvalue weighted by molar-refractivity contribution is 5.79. The minimum atomic E-state index is -0.359. The number of carbonyl (C=O) groups is 1. The zero-order chi connectivity index (χ0) is 15.6. The maximum absolute atomic E-state index is 12.0. The zero-order valence-electron chi connectivity index (χ0n) is 12.8. The molecule has 4 rings (SSSR count). The van der Waals surface area contributed by atoms with Gasteiger partial charge in [-0.1, -0.05) is 48.5 Å². The Hall–Kier alpha value is -2.33. The second-order valence-electron chi connectivity index (χ2n) is 6.03. The van der Waals surface area contributed by atoms with Crippen LogP contribution in [0, 0.1) is 0 Å². The zero-order valence-corrected chi connectivity index (χ0v) is 12.8. The van der Waals surface area contributed by atoms with Crippen LogP contribution in [0.4, 0.5) is 4.79 Å². The van der Waals surface area contributed by atoms with Crippen LogP contribution < -0.4 is 5.32 Å². The van der Waals surface area contributed by atoms with Crippen LogP contribution in [0.3, 0.4) is 0 Å². The molecule has 1 fully saturated rings. The second kappa shape index (κ2) is 6.05. The van der Waals surface area contributed by atoms with E-state index in [1.54, 1.807) is 0 Å². The van der Waals surface area contributed by atoms with Crippen molar-refractivity contribution in [3.8, 4) is 11.1 Å². The van der Waals surface area contributed by atoms with Crippen LogP contribution in [-0.2, 0) is 9.47 Å². The van der Waals surface area contributed by atoms with E-state index in [0.717, 1.165) is 6.42 Å². The quantitative estimate of drug-likeness (QED) is 0.946. The predicted molar refractivity (Wildman–Crippen MR) is 87.4 cm³/mol. The summed E-state index contributed by atoms with van der Waals surface area (Å²) in [7, 11) is 0. The average Bonchev–Trinajstić information content (AvgIpc) is 3.19. The Balaban J connectivity index is 1.49. The van der Waals surface area contributed by atoms with Gasteiger partial charge in [-0.15, -0.1) is 0 Å². The Kier molecular flexibility index (Phi) is 3.75. The Morgan fingerprint density at radius 3 is 2.35 bits per heavy atom. The van der Waals surface area contributed by atoms with Crippen molar-refractivity contribution < 1.29 is 14.3 Å². The van der Waals surface area contributed by atoms with Gasteiger partial charge >= 0.3 is 6.09 Å². The van der Waals surface area contributed by atoms with Crippen molar-refractivity contribution in [1.29, 1.82) is 0 Å². The Morgan fingerprint density at radius 1 is 1.09 bits per heavy atom. The lowest BCUT2D eigenvalue weighted by Crippen LogP contribution is -2.36. The Labute approximate surface area is 135 Å². The molecule has 118 valence electrons.